The second kappa shape index (κ2) is 10.3. The molecule has 0 saturated carbocycles. The molecule has 9 nitrogen and oxygen atoms in total. The highest BCUT2D eigenvalue weighted by Gasteiger charge is 2.26. The lowest BCUT2D eigenvalue weighted by Crippen LogP contribution is -2.37. The Hall–Kier alpha value is -2.45. The van der Waals surface area contributed by atoms with Gasteiger partial charge >= 0.3 is 17.9 Å². The van der Waals surface area contributed by atoms with Crippen molar-refractivity contribution in [1.29, 1.82) is 0 Å². The Balaban J connectivity index is 5.05. The van der Waals surface area contributed by atoms with Gasteiger partial charge in [-0.1, -0.05) is 6.08 Å². The van der Waals surface area contributed by atoms with Crippen molar-refractivity contribution in [2.45, 2.75) is 52.4 Å². The number of rotatable bonds is 9. The zero-order chi connectivity index (χ0) is 18.0. The number of nitrogens with zero attached hydrogens (tertiary/aromatic N) is 1. The fourth-order valence-corrected chi connectivity index (χ4v) is 1.54. The van der Waals surface area contributed by atoms with Crippen molar-refractivity contribution in [3.8, 4) is 0 Å². The molecule has 0 N–H and O–H groups in total. The summed E-state index contributed by atoms with van der Waals surface area (Å²) in [5, 5.41) is 10.6. The van der Waals surface area contributed by atoms with Crippen molar-refractivity contribution in [3.63, 3.8) is 0 Å². The Kier molecular flexibility index (Phi) is 9.21. The van der Waals surface area contributed by atoms with Crippen LogP contribution in [0, 0.1) is 10.1 Å². The molecule has 0 fully saturated rings. The quantitative estimate of drug-likeness (QED) is 0.202. The highest BCUT2D eigenvalue weighted by atomic mass is 16.6. The third-order valence-corrected chi connectivity index (χ3v) is 2.60. The van der Waals surface area contributed by atoms with Crippen LogP contribution in [0.1, 0.15) is 34.1 Å². The summed E-state index contributed by atoms with van der Waals surface area (Å²) in [5.74, 6) is -1.87. The van der Waals surface area contributed by atoms with Gasteiger partial charge in [-0.05, 0) is 6.08 Å². The number of hydrogen-bond donors (Lipinski definition) is 0. The Labute approximate surface area is 133 Å². The van der Waals surface area contributed by atoms with Crippen LogP contribution < -0.4 is 0 Å². The predicted molar refractivity (Wildman–Crippen MR) is 78.0 cm³/mol. The molecule has 0 bridgehead atoms. The van der Waals surface area contributed by atoms with Gasteiger partial charge in [0.2, 0.25) is 6.04 Å². The third kappa shape index (κ3) is 9.99. The highest BCUT2D eigenvalue weighted by molar-refractivity contribution is 5.68. The van der Waals surface area contributed by atoms with Gasteiger partial charge < -0.3 is 14.2 Å². The van der Waals surface area contributed by atoms with E-state index in [9.17, 15) is 24.5 Å². The lowest BCUT2D eigenvalue weighted by molar-refractivity contribution is -0.517. The van der Waals surface area contributed by atoms with E-state index in [1.54, 1.807) is 0 Å². The number of hydrogen-bond acceptors (Lipinski definition) is 8. The molecule has 0 aromatic rings. The van der Waals surface area contributed by atoms with Gasteiger partial charge in [-0.15, -0.1) is 0 Å². The van der Waals surface area contributed by atoms with Crippen molar-refractivity contribution in [1.82, 2.24) is 0 Å². The summed E-state index contributed by atoms with van der Waals surface area (Å²) >= 11 is 0. The molecule has 0 aliphatic heterocycles. The van der Waals surface area contributed by atoms with Gasteiger partial charge in [0.1, 0.15) is 6.61 Å². The fraction of sp³-hybridized carbons (Fsp3) is 0.643. The van der Waals surface area contributed by atoms with Crippen LogP contribution in [0.15, 0.2) is 12.2 Å². The lowest BCUT2D eigenvalue weighted by atomic mass is 10.1. The molecule has 0 radical (unpaired) electrons. The van der Waals surface area contributed by atoms with E-state index < -0.39 is 41.1 Å². The molecule has 0 amide bonds. The Morgan fingerprint density at radius 3 is 2.09 bits per heavy atom. The summed E-state index contributed by atoms with van der Waals surface area (Å²) in [6.45, 7) is 4.62. The van der Waals surface area contributed by atoms with Crippen LogP contribution in [0.25, 0.3) is 0 Å². The van der Waals surface area contributed by atoms with Gasteiger partial charge in [0, 0.05) is 39.0 Å². The monoisotopic (exact) mass is 331 g/mol. The molecule has 0 spiro atoms. The zero-order valence-electron chi connectivity index (χ0n) is 13.5. The second-order valence-electron chi connectivity index (χ2n) is 4.82. The van der Waals surface area contributed by atoms with Crippen molar-refractivity contribution >= 4 is 17.9 Å². The molecule has 0 heterocycles. The Morgan fingerprint density at radius 1 is 1.09 bits per heavy atom. The number of esters is 3. The molecule has 9 heteroatoms. The standard InChI is InChI=1S/C14H21NO8/c1-9(15(19)20)6-5-7-13(22-11(3)17)14(23-12(4)18)8-21-10(2)16/h5,7,9,13-14H,6,8H2,1-4H3/b7-5+/t9?,13-,14+/m0/s1. The van der Waals surface area contributed by atoms with E-state index in [1.165, 1.54) is 26.0 Å². The van der Waals surface area contributed by atoms with E-state index in [0.29, 0.717) is 0 Å². The molecular formula is C14H21NO8. The van der Waals surface area contributed by atoms with Crippen LogP contribution in [0.3, 0.4) is 0 Å². The molecule has 0 aromatic carbocycles. The normalized spacial score (nSPS) is 14.6. The lowest BCUT2D eigenvalue weighted by Gasteiger charge is -2.23. The zero-order valence-corrected chi connectivity index (χ0v) is 13.5. The van der Waals surface area contributed by atoms with Gasteiger partial charge in [0.25, 0.3) is 0 Å². The second-order valence-corrected chi connectivity index (χ2v) is 4.82. The van der Waals surface area contributed by atoms with Gasteiger partial charge in [-0.25, -0.2) is 0 Å². The van der Waals surface area contributed by atoms with Crippen molar-refractivity contribution < 1.29 is 33.5 Å². The summed E-state index contributed by atoms with van der Waals surface area (Å²) < 4.78 is 14.8. The molecule has 0 aliphatic carbocycles. The molecule has 0 rings (SSSR count). The van der Waals surface area contributed by atoms with E-state index >= 15 is 0 Å². The molecule has 1 unspecified atom stereocenters. The molecule has 0 aliphatic rings. The first kappa shape index (κ1) is 20.6. The van der Waals surface area contributed by atoms with Crippen molar-refractivity contribution in [3.05, 3.63) is 22.3 Å². The maximum atomic E-state index is 11.2. The third-order valence-electron chi connectivity index (χ3n) is 2.60. The minimum atomic E-state index is -1.04. The minimum absolute atomic E-state index is 0.102. The molecule has 130 valence electrons. The van der Waals surface area contributed by atoms with Gasteiger partial charge in [0.05, 0.1) is 0 Å². The summed E-state index contributed by atoms with van der Waals surface area (Å²) in [6, 6.07) is -0.815. The molecule has 23 heavy (non-hydrogen) atoms. The molecule has 0 aromatic heterocycles. The van der Waals surface area contributed by atoms with E-state index in [2.05, 4.69) is 0 Å². The number of nitro groups is 1. The topological polar surface area (TPSA) is 122 Å². The highest BCUT2D eigenvalue weighted by Crippen LogP contribution is 2.10. The summed E-state index contributed by atoms with van der Waals surface area (Å²) in [7, 11) is 0. The van der Waals surface area contributed by atoms with Crippen LogP contribution in [0.4, 0.5) is 0 Å². The van der Waals surface area contributed by atoms with Gasteiger partial charge in [-0.3, -0.25) is 24.5 Å². The smallest absolute Gasteiger partial charge is 0.303 e. The molecular weight excluding hydrogens is 310 g/mol. The Morgan fingerprint density at radius 2 is 1.65 bits per heavy atom. The largest absolute Gasteiger partial charge is 0.462 e. The SMILES string of the molecule is CC(=O)OC[C@@H](OC(C)=O)[C@H](/C=C/CC(C)[N+](=O)[O-])OC(C)=O. The van der Waals surface area contributed by atoms with E-state index in [1.807, 2.05) is 0 Å². The van der Waals surface area contributed by atoms with Crippen LogP contribution in [0.2, 0.25) is 0 Å². The molecule has 3 atom stereocenters. The molecule has 0 saturated heterocycles. The summed E-state index contributed by atoms with van der Waals surface area (Å²) in [5.41, 5.74) is 0. The fourth-order valence-electron chi connectivity index (χ4n) is 1.54. The first-order chi connectivity index (χ1) is 10.6. The van der Waals surface area contributed by atoms with Crippen LogP contribution in [0.5, 0.6) is 0 Å². The van der Waals surface area contributed by atoms with Crippen LogP contribution in [-0.4, -0.2) is 47.7 Å². The number of ether oxygens (including phenoxy) is 3. The average Bonchev–Trinajstić information content (AvgIpc) is 2.41. The van der Waals surface area contributed by atoms with E-state index in [-0.39, 0.29) is 13.0 Å². The average molecular weight is 331 g/mol. The first-order valence-corrected chi connectivity index (χ1v) is 6.91. The minimum Gasteiger partial charge on any atom is -0.462 e. The first-order valence-electron chi connectivity index (χ1n) is 6.91. The Bertz CT molecular complexity index is 473. The summed E-state index contributed by atoms with van der Waals surface area (Å²) in [4.78, 5) is 43.3. The maximum Gasteiger partial charge on any atom is 0.303 e. The summed E-state index contributed by atoms with van der Waals surface area (Å²) in [6.07, 6.45) is 0.867. The van der Waals surface area contributed by atoms with E-state index in [0.717, 1.165) is 13.8 Å². The van der Waals surface area contributed by atoms with Crippen molar-refractivity contribution in [2.24, 2.45) is 0 Å². The number of carbonyl (C=O) groups excluding carboxylic acids is 3. The predicted octanol–water partition coefficient (Wildman–Crippen LogP) is 1.02. The van der Waals surface area contributed by atoms with Gasteiger partial charge in [-0.2, -0.15) is 0 Å². The number of carbonyl (C=O) groups is 3. The van der Waals surface area contributed by atoms with Crippen LogP contribution >= 0.6 is 0 Å². The maximum absolute atomic E-state index is 11.2. The van der Waals surface area contributed by atoms with Gasteiger partial charge in [0.15, 0.2) is 12.2 Å². The van der Waals surface area contributed by atoms with E-state index in [4.69, 9.17) is 14.2 Å². The van der Waals surface area contributed by atoms with Crippen molar-refractivity contribution in [2.75, 3.05) is 6.61 Å². The van der Waals surface area contributed by atoms with Crippen LogP contribution in [-0.2, 0) is 28.6 Å².